The summed E-state index contributed by atoms with van der Waals surface area (Å²) in [5.41, 5.74) is 2.24. The van der Waals surface area contributed by atoms with Crippen molar-refractivity contribution in [2.75, 3.05) is 6.54 Å². The second-order valence-corrected chi connectivity index (χ2v) is 4.06. The Morgan fingerprint density at radius 3 is 3.00 bits per heavy atom. The summed E-state index contributed by atoms with van der Waals surface area (Å²) >= 11 is 0. The predicted octanol–water partition coefficient (Wildman–Crippen LogP) is 1.78. The second kappa shape index (κ2) is 4.11. The smallest absolute Gasteiger partial charge is 0.0943 e. The van der Waals surface area contributed by atoms with E-state index in [9.17, 15) is 5.11 Å². The van der Waals surface area contributed by atoms with Crippen LogP contribution in [0.3, 0.4) is 0 Å². The van der Waals surface area contributed by atoms with E-state index in [0.717, 1.165) is 18.5 Å². The van der Waals surface area contributed by atoms with E-state index in [1.165, 1.54) is 12.0 Å². The topological polar surface area (TPSA) is 32.3 Å². The fraction of sp³-hybridized carbons (Fsp3) is 0.500. The molecule has 0 saturated carbocycles. The fourth-order valence-electron chi connectivity index (χ4n) is 2.07. The molecule has 2 nitrogen and oxygen atoms in total. The Bertz CT molecular complexity index is 305. The summed E-state index contributed by atoms with van der Waals surface area (Å²) in [7, 11) is 0. The summed E-state index contributed by atoms with van der Waals surface area (Å²) in [4.78, 5) is 0. The van der Waals surface area contributed by atoms with Crippen molar-refractivity contribution in [2.24, 2.45) is 0 Å². The Morgan fingerprint density at radius 2 is 2.36 bits per heavy atom. The summed E-state index contributed by atoms with van der Waals surface area (Å²) in [5.74, 6) is 0. The normalized spacial score (nSPS) is 23.7. The first kappa shape index (κ1) is 9.69. The van der Waals surface area contributed by atoms with Crippen LogP contribution >= 0.6 is 0 Å². The molecule has 2 rings (SSSR count). The van der Waals surface area contributed by atoms with Crippen LogP contribution in [0.4, 0.5) is 0 Å². The number of rotatable bonds is 2. The average Bonchev–Trinajstić information content (AvgIpc) is 2.69. The van der Waals surface area contributed by atoms with Gasteiger partial charge in [0.15, 0.2) is 0 Å². The van der Waals surface area contributed by atoms with E-state index < -0.39 is 0 Å². The van der Waals surface area contributed by atoms with Crippen LogP contribution in [0.5, 0.6) is 0 Å². The van der Waals surface area contributed by atoms with Gasteiger partial charge in [0.25, 0.3) is 0 Å². The lowest BCUT2D eigenvalue weighted by atomic mass is 10.00. The van der Waals surface area contributed by atoms with E-state index in [1.807, 2.05) is 12.1 Å². The van der Waals surface area contributed by atoms with E-state index in [1.54, 1.807) is 0 Å². The first-order valence-electron chi connectivity index (χ1n) is 5.25. The number of hydrogen-bond acceptors (Lipinski definition) is 2. The molecule has 2 N–H and O–H groups in total. The van der Waals surface area contributed by atoms with E-state index in [4.69, 9.17) is 0 Å². The molecular weight excluding hydrogens is 174 g/mol. The third-order valence-corrected chi connectivity index (χ3v) is 2.86. The SMILES string of the molecule is Cc1cccc(C(O)C2CCCN2)c1. The monoisotopic (exact) mass is 191 g/mol. The molecule has 1 saturated heterocycles. The summed E-state index contributed by atoms with van der Waals surface area (Å²) in [5, 5.41) is 13.4. The minimum absolute atomic E-state index is 0.247. The summed E-state index contributed by atoms with van der Waals surface area (Å²) in [6, 6.07) is 8.36. The molecule has 1 fully saturated rings. The lowest BCUT2D eigenvalue weighted by Gasteiger charge is -2.18. The highest BCUT2D eigenvalue weighted by atomic mass is 16.3. The van der Waals surface area contributed by atoms with Crippen LogP contribution in [-0.2, 0) is 0 Å². The van der Waals surface area contributed by atoms with Crippen molar-refractivity contribution < 1.29 is 5.11 Å². The van der Waals surface area contributed by atoms with Crippen LogP contribution < -0.4 is 5.32 Å². The lowest BCUT2D eigenvalue weighted by Crippen LogP contribution is -2.28. The maximum atomic E-state index is 10.1. The van der Waals surface area contributed by atoms with Crippen LogP contribution in [0.15, 0.2) is 24.3 Å². The molecule has 1 heterocycles. The Labute approximate surface area is 85.0 Å². The molecule has 1 aromatic carbocycles. The van der Waals surface area contributed by atoms with Gasteiger partial charge in [0.05, 0.1) is 6.10 Å². The first-order valence-corrected chi connectivity index (χ1v) is 5.25. The molecular formula is C12H17NO. The predicted molar refractivity (Wildman–Crippen MR) is 57.2 cm³/mol. The lowest BCUT2D eigenvalue weighted by molar-refractivity contribution is 0.137. The number of hydrogen-bond donors (Lipinski definition) is 2. The second-order valence-electron chi connectivity index (χ2n) is 4.06. The van der Waals surface area contributed by atoms with Crippen molar-refractivity contribution in [1.29, 1.82) is 0 Å². The molecule has 0 radical (unpaired) electrons. The van der Waals surface area contributed by atoms with Gasteiger partial charge in [0, 0.05) is 6.04 Å². The van der Waals surface area contributed by atoms with Gasteiger partial charge in [-0.25, -0.2) is 0 Å². The maximum absolute atomic E-state index is 10.1. The molecule has 1 aromatic rings. The van der Waals surface area contributed by atoms with Crippen molar-refractivity contribution in [2.45, 2.75) is 31.9 Å². The standard InChI is InChI=1S/C12H17NO/c1-9-4-2-5-10(8-9)12(14)11-6-3-7-13-11/h2,4-5,8,11-14H,3,6-7H2,1H3. The van der Waals surface area contributed by atoms with Gasteiger partial charge in [-0.05, 0) is 31.9 Å². The first-order chi connectivity index (χ1) is 6.77. The third-order valence-electron chi connectivity index (χ3n) is 2.86. The molecule has 2 heteroatoms. The molecule has 76 valence electrons. The van der Waals surface area contributed by atoms with Crippen LogP contribution in [0.2, 0.25) is 0 Å². The minimum atomic E-state index is -0.350. The van der Waals surface area contributed by atoms with Crippen LogP contribution in [0.1, 0.15) is 30.1 Å². The third kappa shape index (κ3) is 1.97. The molecule has 14 heavy (non-hydrogen) atoms. The Morgan fingerprint density at radius 1 is 1.50 bits per heavy atom. The number of nitrogens with one attached hydrogen (secondary N) is 1. The summed E-state index contributed by atoms with van der Waals surface area (Å²) in [6.45, 7) is 3.09. The van der Waals surface area contributed by atoms with E-state index in [0.29, 0.717) is 0 Å². The molecule has 2 unspecified atom stereocenters. The minimum Gasteiger partial charge on any atom is -0.387 e. The Hall–Kier alpha value is -0.860. The van der Waals surface area contributed by atoms with Gasteiger partial charge in [0.2, 0.25) is 0 Å². The van der Waals surface area contributed by atoms with Gasteiger partial charge in [0.1, 0.15) is 0 Å². The van der Waals surface area contributed by atoms with Crippen LogP contribution in [0.25, 0.3) is 0 Å². The molecule has 1 aliphatic rings. The summed E-state index contributed by atoms with van der Waals surface area (Å²) in [6.07, 6.45) is 1.90. The Kier molecular flexibility index (Phi) is 2.85. The molecule has 0 aromatic heterocycles. The van der Waals surface area contributed by atoms with Crippen molar-refractivity contribution >= 4 is 0 Å². The molecule has 2 atom stereocenters. The van der Waals surface area contributed by atoms with Crippen LogP contribution in [-0.4, -0.2) is 17.7 Å². The van der Waals surface area contributed by atoms with Gasteiger partial charge in [-0.1, -0.05) is 29.8 Å². The van der Waals surface area contributed by atoms with Gasteiger partial charge in [-0.2, -0.15) is 0 Å². The maximum Gasteiger partial charge on any atom is 0.0943 e. The number of aliphatic hydroxyl groups is 1. The van der Waals surface area contributed by atoms with Gasteiger partial charge in [-0.15, -0.1) is 0 Å². The van der Waals surface area contributed by atoms with Crippen LogP contribution in [0, 0.1) is 6.92 Å². The average molecular weight is 191 g/mol. The molecule has 0 bridgehead atoms. The van der Waals surface area contributed by atoms with E-state index in [2.05, 4.69) is 24.4 Å². The highest BCUT2D eigenvalue weighted by molar-refractivity contribution is 5.25. The zero-order chi connectivity index (χ0) is 9.97. The highest BCUT2D eigenvalue weighted by Crippen LogP contribution is 2.23. The van der Waals surface area contributed by atoms with Crippen molar-refractivity contribution in [3.63, 3.8) is 0 Å². The van der Waals surface area contributed by atoms with Gasteiger partial charge < -0.3 is 10.4 Å². The quantitative estimate of drug-likeness (QED) is 0.747. The number of aryl methyl sites for hydroxylation is 1. The van der Waals surface area contributed by atoms with E-state index >= 15 is 0 Å². The fourth-order valence-corrected chi connectivity index (χ4v) is 2.07. The molecule has 1 aliphatic heterocycles. The number of benzene rings is 1. The van der Waals surface area contributed by atoms with Crippen molar-refractivity contribution in [3.8, 4) is 0 Å². The van der Waals surface area contributed by atoms with Gasteiger partial charge in [-0.3, -0.25) is 0 Å². The summed E-state index contributed by atoms with van der Waals surface area (Å²) < 4.78 is 0. The van der Waals surface area contributed by atoms with Crippen molar-refractivity contribution in [1.82, 2.24) is 5.32 Å². The van der Waals surface area contributed by atoms with Gasteiger partial charge >= 0.3 is 0 Å². The molecule has 0 aliphatic carbocycles. The molecule has 0 spiro atoms. The number of aliphatic hydroxyl groups excluding tert-OH is 1. The zero-order valence-electron chi connectivity index (χ0n) is 8.53. The zero-order valence-corrected chi connectivity index (χ0v) is 8.53. The largest absolute Gasteiger partial charge is 0.387 e. The van der Waals surface area contributed by atoms with E-state index in [-0.39, 0.29) is 12.1 Å². The molecule has 0 amide bonds. The van der Waals surface area contributed by atoms with Crippen molar-refractivity contribution in [3.05, 3.63) is 35.4 Å². The Balaban J connectivity index is 2.13. The highest BCUT2D eigenvalue weighted by Gasteiger charge is 2.23.